The number of nitrogens with zero attached hydrogens (tertiary/aromatic N) is 2. The van der Waals surface area contributed by atoms with Gasteiger partial charge in [-0.1, -0.05) is 29.8 Å². The van der Waals surface area contributed by atoms with Gasteiger partial charge in [0.2, 0.25) is 0 Å². The maximum absolute atomic E-state index is 12.7. The Morgan fingerprint density at radius 2 is 2.00 bits per heavy atom. The van der Waals surface area contributed by atoms with Crippen molar-refractivity contribution in [2.75, 3.05) is 14.2 Å². The zero-order valence-electron chi connectivity index (χ0n) is 18.0. The molecule has 1 fully saturated rings. The molecule has 33 heavy (non-hydrogen) atoms. The van der Waals surface area contributed by atoms with Gasteiger partial charge in [0.05, 0.1) is 35.8 Å². The van der Waals surface area contributed by atoms with Crippen molar-refractivity contribution in [2.24, 2.45) is 0 Å². The van der Waals surface area contributed by atoms with E-state index in [0.717, 1.165) is 4.90 Å². The van der Waals surface area contributed by atoms with Gasteiger partial charge in [-0.2, -0.15) is 5.26 Å². The van der Waals surface area contributed by atoms with Crippen molar-refractivity contribution >= 4 is 46.6 Å². The molecule has 1 atom stereocenters. The molecule has 1 saturated heterocycles. The molecular formula is C23H19ClN2O6S. The smallest absolute Gasteiger partial charge is 0.328 e. The van der Waals surface area contributed by atoms with Gasteiger partial charge >= 0.3 is 5.97 Å². The third-order valence-corrected chi connectivity index (χ3v) is 5.98. The first-order valence-corrected chi connectivity index (χ1v) is 10.8. The third-order valence-electron chi connectivity index (χ3n) is 4.81. The van der Waals surface area contributed by atoms with Gasteiger partial charge in [0, 0.05) is 5.56 Å². The lowest BCUT2D eigenvalue weighted by atomic mass is 10.1. The topological polar surface area (TPSA) is 106 Å². The highest BCUT2D eigenvalue weighted by Gasteiger charge is 2.41. The number of halogens is 1. The maximum Gasteiger partial charge on any atom is 0.328 e. The lowest BCUT2D eigenvalue weighted by molar-refractivity contribution is -0.148. The minimum absolute atomic E-state index is 0.101. The van der Waals surface area contributed by atoms with Crippen LogP contribution in [-0.2, 0) is 20.9 Å². The Labute approximate surface area is 199 Å². The molecule has 2 aromatic rings. The predicted octanol–water partition coefficient (Wildman–Crippen LogP) is 4.40. The van der Waals surface area contributed by atoms with Crippen LogP contribution in [0, 0.1) is 11.3 Å². The molecule has 0 saturated carbocycles. The van der Waals surface area contributed by atoms with E-state index < -0.39 is 23.2 Å². The SMILES string of the molecule is COC(=O)[C@H](C)N1C(=O)S/C(=C/c2cc(Cl)c(OCc3ccccc3C#N)c(OC)c2)C1=O. The number of rotatable bonds is 7. The van der Waals surface area contributed by atoms with Crippen LogP contribution in [0.25, 0.3) is 6.08 Å². The van der Waals surface area contributed by atoms with E-state index in [2.05, 4.69) is 10.8 Å². The molecule has 170 valence electrons. The van der Waals surface area contributed by atoms with Crippen LogP contribution in [0.15, 0.2) is 41.3 Å². The van der Waals surface area contributed by atoms with Crippen LogP contribution in [-0.4, -0.2) is 42.3 Å². The molecule has 0 N–H and O–H groups in total. The number of carbonyl (C=O) groups excluding carboxylic acids is 3. The number of carbonyl (C=O) groups is 3. The van der Waals surface area contributed by atoms with Gasteiger partial charge in [-0.3, -0.25) is 14.5 Å². The molecule has 8 nitrogen and oxygen atoms in total. The highest BCUT2D eigenvalue weighted by molar-refractivity contribution is 8.18. The quantitative estimate of drug-likeness (QED) is 0.419. The fourth-order valence-corrected chi connectivity index (χ4v) is 4.29. The molecule has 0 unspecified atom stereocenters. The van der Waals surface area contributed by atoms with Crippen LogP contribution in [0.3, 0.4) is 0 Å². The van der Waals surface area contributed by atoms with Crippen molar-refractivity contribution < 1.29 is 28.6 Å². The fraction of sp³-hybridized carbons (Fsp3) is 0.217. The molecule has 0 aromatic heterocycles. The summed E-state index contributed by atoms with van der Waals surface area (Å²) in [5.74, 6) is -0.712. The number of ether oxygens (including phenoxy) is 3. The Hall–Kier alpha value is -3.48. The molecule has 1 heterocycles. The van der Waals surface area contributed by atoms with Crippen molar-refractivity contribution in [1.29, 1.82) is 5.26 Å². The van der Waals surface area contributed by atoms with Crippen molar-refractivity contribution in [3.63, 3.8) is 0 Å². The van der Waals surface area contributed by atoms with Gasteiger partial charge in [-0.15, -0.1) is 0 Å². The standard InChI is InChI=1S/C23H19ClN2O6S/c1-13(22(28)31-3)26-21(27)19(33-23(26)29)10-14-8-17(24)20(18(9-14)30-2)32-12-16-7-5-4-6-15(16)11-25/h4-10,13H,12H2,1-3H3/b19-10+/t13-/m0/s1. The van der Waals surface area contributed by atoms with Gasteiger partial charge in [0.15, 0.2) is 11.5 Å². The molecule has 10 heteroatoms. The first-order chi connectivity index (χ1) is 15.8. The van der Waals surface area contributed by atoms with E-state index in [9.17, 15) is 19.6 Å². The highest BCUT2D eigenvalue weighted by atomic mass is 35.5. The number of thioether (sulfide) groups is 1. The number of methoxy groups -OCH3 is 2. The average Bonchev–Trinajstić information content (AvgIpc) is 3.09. The summed E-state index contributed by atoms with van der Waals surface area (Å²) in [5, 5.41) is 8.88. The number of nitriles is 1. The molecule has 3 rings (SSSR count). The molecule has 0 radical (unpaired) electrons. The molecule has 0 aliphatic carbocycles. The molecule has 2 amide bonds. The number of benzene rings is 2. The second-order valence-corrected chi connectivity index (χ2v) is 8.24. The number of esters is 1. The molecular weight excluding hydrogens is 468 g/mol. The van der Waals surface area contributed by atoms with Crippen molar-refractivity contribution in [1.82, 2.24) is 4.90 Å². The van der Waals surface area contributed by atoms with E-state index in [1.54, 1.807) is 36.4 Å². The summed E-state index contributed by atoms with van der Waals surface area (Å²) in [5.41, 5.74) is 1.68. The zero-order valence-corrected chi connectivity index (χ0v) is 19.5. The molecule has 1 aliphatic heterocycles. The summed E-state index contributed by atoms with van der Waals surface area (Å²) in [6.07, 6.45) is 1.48. The van der Waals surface area contributed by atoms with Crippen LogP contribution in [0.5, 0.6) is 11.5 Å². The van der Waals surface area contributed by atoms with E-state index in [1.807, 2.05) is 0 Å². The second-order valence-electron chi connectivity index (χ2n) is 6.84. The van der Waals surface area contributed by atoms with Gasteiger partial charge < -0.3 is 14.2 Å². The lowest BCUT2D eigenvalue weighted by Crippen LogP contribution is -2.42. The number of imide groups is 1. The predicted molar refractivity (Wildman–Crippen MR) is 123 cm³/mol. The second kappa shape index (κ2) is 10.4. The summed E-state index contributed by atoms with van der Waals surface area (Å²) >= 11 is 7.13. The number of hydrogen-bond acceptors (Lipinski definition) is 8. The van der Waals surface area contributed by atoms with Gasteiger partial charge in [-0.05, 0) is 48.5 Å². The van der Waals surface area contributed by atoms with Crippen molar-refractivity contribution in [3.8, 4) is 17.6 Å². The maximum atomic E-state index is 12.7. The monoisotopic (exact) mass is 486 g/mol. The van der Waals surface area contributed by atoms with E-state index in [0.29, 0.717) is 34.2 Å². The van der Waals surface area contributed by atoms with E-state index >= 15 is 0 Å². The minimum atomic E-state index is -1.04. The lowest BCUT2D eigenvalue weighted by Gasteiger charge is -2.18. The highest BCUT2D eigenvalue weighted by Crippen LogP contribution is 2.39. The van der Waals surface area contributed by atoms with E-state index in [-0.39, 0.29) is 22.3 Å². The fourth-order valence-electron chi connectivity index (χ4n) is 3.11. The molecule has 0 bridgehead atoms. The van der Waals surface area contributed by atoms with E-state index in [1.165, 1.54) is 27.2 Å². The summed E-state index contributed by atoms with van der Waals surface area (Å²) in [6, 6.07) is 11.3. The Morgan fingerprint density at radius 1 is 1.27 bits per heavy atom. The Kier molecular flexibility index (Phi) is 7.63. The largest absolute Gasteiger partial charge is 0.493 e. The number of amides is 2. The van der Waals surface area contributed by atoms with E-state index in [4.69, 9.17) is 21.1 Å². The van der Waals surface area contributed by atoms with Crippen LogP contribution in [0.2, 0.25) is 5.02 Å². The molecule has 1 aliphatic rings. The van der Waals surface area contributed by atoms with Crippen LogP contribution < -0.4 is 9.47 Å². The first-order valence-electron chi connectivity index (χ1n) is 9.64. The van der Waals surface area contributed by atoms with Crippen LogP contribution >= 0.6 is 23.4 Å². The minimum Gasteiger partial charge on any atom is -0.493 e. The van der Waals surface area contributed by atoms with Crippen molar-refractivity contribution in [3.05, 3.63) is 63.0 Å². The normalized spacial score (nSPS) is 15.4. The summed E-state index contributed by atoms with van der Waals surface area (Å²) in [6.45, 7) is 1.52. The van der Waals surface area contributed by atoms with Gasteiger partial charge in [0.1, 0.15) is 12.6 Å². The summed E-state index contributed by atoms with van der Waals surface area (Å²) < 4.78 is 15.8. The average molecular weight is 487 g/mol. The van der Waals surface area contributed by atoms with Crippen LogP contribution in [0.4, 0.5) is 4.79 Å². The summed E-state index contributed by atoms with van der Waals surface area (Å²) in [7, 11) is 2.63. The Bertz CT molecular complexity index is 1190. The Balaban J connectivity index is 1.86. The Morgan fingerprint density at radius 3 is 2.67 bits per heavy atom. The zero-order chi connectivity index (χ0) is 24.1. The van der Waals surface area contributed by atoms with Gasteiger partial charge in [0.25, 0.3) is 11.1 Å². The molecule has 2 aromatic carbocycles. The first kappa shape index (κ1) is 24.2. The summed E-state index contributed by atoms with van der Waals surface area (Å²) in [4.78, 5) is 37.7. The van der Waals surface area contributed by atoms with Crippen LogP contribution in [0.1, 0.15) is 23.6 Å². The molecule has 0 spiro atoms. The van der Waals surface area contributed by atoms with Crippen molar-refractivity contribution in [2.45, 2.75) is 19.6 Å². The third kappa shape index (κ3) is 5.13. The number of hydrogen-bond donors (Lipinski definition) is 0. The van der Waals surface area contributed by atoms with Gasteiger partial charge in [-0.25, -0.2) is 4.79 Å².